The van der Waals surface area contributed by atoms with Crippen LogP contribution in [-0.4, -0.2) is 36.7 Å². The first-order valence-corrected chi connectivity index (χ1v) is 6.52. The van der Waals surface area contributed by atoms with E-state index in [4.69, 9.17) is 9.84 Å². The van der Waals surface area contributed by atoms with E-state index in [1.165, 1.54) is 0 Å². The zero-order valence-electron chi connectivity index (χ0n) is 11.3. The van der Waals surface area contributed by atoms with Crippen molar-refractivity contribution in [3.63, 3.8) is 0 Å². The van der Waals surface area contributed by atoms with E-state index in [2.05, 4.69) is 10.6 Å². The Morgan fingerprint density at radius 1 is 1.45 bits per heavy atom. The van der Waals surface area contributed by atoms with Crippen molar-refractivity contribution in [2.24, 2.45) is 11.8 Å². The molecule has 2 rings (SSSR count). The fourth-order valence-electron chi connectivity index (χ4n) is 2.20. The molecule has 1 aliphatic heterocycles. The number of aliphatic carboxylic acids is 1. The quantitative estimate of drug-likeness (QED) is 0.746. The van der Waals surface area contributed by atoms with Crippen molar-refractivity contribution in [3.8, 4) is 5.75 Å². The number of nitrogens with one attached hydrogen (secondary N) is 2. The van der Waals surface area contributed by atoms with Crippen LogP contribution < -0.4 is 15.4 Å². The van der Waals surface area contributed by atoms with E-state index in [-0.39, 0.29) is 11.8 Å². The van der Waals surface area contributed by atoms with Gasteiger partial charge in [0.1, 0.15) is 5.75 Å². The Kier molecular flexibility index (Phi) is 4.57. The van der Waals surface area contributed by atoms with E-state index in [1.807, 2.05) is 6.92 Å². The standard InChI is InChI=1S/C14H18N2O4/c1-9-6-15-7-12(9)14(19)16-10-3-2-4-11(5-10)20-8-13(17)18/h2-5,9,12,15H,6-8H2,1H3,(H,16,19)(H,17,18). The summed E-state index contributed by atoms with van der Waals surface area (Å²) in [6, 6.07) is 6.73. The minimum Gasteiger partial charge on any atom is -0.482 e. The molecule has 1 aromatic carbocycles. The number of hydrogen-bond acceptors (Lipinski definition) is 4. The number of carboxylic acid groups (broad SMARTS) is 1. The normalized spacial score (nSPS) is 21.4. The molecule has 3 N–H and O–H groups in total. The van der Waals surface area contributed by atoms with E-state index in [9.17, 15) is 9.59 Å². The lowest BCUT2D eigenvalue weighted by molar-refractivity contribution is -0.139. The van der Waals surface area contributed by atoms with Crippen LogP contribution in [0, 0.1) is 11.8 Å². The van der Waals surface area contributed by atoms with E-state index in [1.54, 1.807) is 24.3 Å². The molecule has 1 aliphatic rings. The number of carboxylic acids is 1. The van der Waals surface area contributed by atoms with Gasteiger partial charge in [-0.15, -0.1) is 0 Å². The predicted octanol–water partition coefficient (Wildman–Crippen LogP) is 0.944. The van der Waals surface area contributed by atoms with Crippen molar-refractivity contribution in [2.75, 3.05) is 25.0 Å². The molecule has 0 radical (unpaired) electrons. The summed E-state index contributed by atoms with van der Waals surface area (Å²) in [5, 5.41) is 14.6. The first-order chi connectivity index (χ1) is 9.56. The summed E-state index contributed by atoms with van der Waals surface area (Å²) in [6.45, 7) is 3.17. The number of anilines is 1. The lowest BCUT2D eigenvalue weighted by Gasteiger charge is -2.14. The van der Waals surface area contributed by atoms with Crippen molar-refractivity contribution in [2.45, 2.75) is 6.92 Å². The molecule has 0 aliphatic carbocycles. The molecule has 1 aromatic rings. The topological polar surface area (TPSA) is 87.7 Å². The number of hydrogen-bond donors (Lipinski definition) is 3. The van der Waals surface area contributed by atoms with Gasteiger partial charge in [-0.05, 0) is 24.6 Å². The van der Waals surface area contributed by atoms with Crippen LogP contribution in [0.1, 0.15) is 6.92 Å². The maximum atomic E-state index is 12.1. The second-order valence-electron chi connectivity index (χ2n) is 4.94. The zero-order chi connectivity index (χ0) is 14.5. The van der Waals surface area contributed by atoms with E-state index >= 15 is 0 Å². The predicted molar refractivity (Wildman–Crippen MR) is 73.7 cm³/mol. The van der Waals surface area contributed by atoms with Gasteiger partial charge in [-0.3, -0.25) is 4.79 Å². The maximum Gasteiger partial charge on any atom is 0.341 e. The van der Waals surface area contributed by atoms with E-state index in [0.717, 1.165) is 6.54 Å². The minimum atomic E-state index is -1.04. The number of ether oxygens (including phenoxy) is 1. The summed E-state index contributed by atoms with van der Waals surface area (Å²) in [6.07, 6.45) is 0. The third-order valence-corrected chi connectivity index (χ3v) is 3.32. The molecule has 2 unspecified atom stereocenters. The van der Waals surface area contributed by atoms with Crippen LogP contribution in [0.15, 0.2) is 24.3 Å². The Balaban J connectivity index is 1.96. The molecule has 1 fully saturated rings. The first kappa shape index (κ1) is 14.3. The third-order valence-electron chi connectivity index (χ3n) is 3.32. The van der Waals surface area contributed by atoms with Crippen LogP contribution in [0.4, 0.5) is 5.69 Å². The SMILES string of the molecule is CC1CNCC1C(=O)Nc1cccc(OCC(=O)O)c1. The van der Waals surface area contributed by atoms with Gasteiger partial charge in [0, 0.05) is 18.3 Å². The molecule has 20 heavy (non-hydrogen) atoms. The van der Waals surface area contributed by atoms with Gasteiger partial charge in [-0.2, -0.15) is 0 Å². The van der Waals surface area contributed by atoms with Crippen LogP contribution in [0.5, 0.6) is 5.75 Å². The number of rotatable bonds is 5. The van der Waals surface area contributed by atoms with Gasteiger partial charge in [0.15, 0.2) is 6.61 Å². The Bertz CT molecular complexity index is 504. The van der Waals surface area contributed by atoms with Gasteiger partial charge in [0.05, 0.1) is 5.92 Å². The van der Waals surface area contributed by atoms with Crippen molar-refractivity contribution in [1.29, 1.82) is 0 Å². The number of benzene rings is 1. The van der Waals surface area contributed by atoms with Gasteiger partial charge in [0.25, 0.3) is 0 Å². The Morgan fingerprint density at radius 3 is 2.90 bits per heavy atom. The van der Waals surface area contributed by atoms with Gasteiger partial charge in [-0.25, -0.2) is 4.79 Å². The summed E-state index contributed by atoms with van der Waals surface area (Å²) in [5.41, 5.74) is 0.608. The summed E-state index contributed by atoms with van der Waals surface area (Å²) in [5.74, 6) is -0.383. The fraction of sp³-hybridized carbons (Fsp3) is 0.429. The molecule has 0 spiro atoms. The molecule has 1 heterocycles. The zero-order valence-corrected chi connectivity index (χ0v) is 11.3. The number of amides is 1. The van der Waals surface area contributed by atoms with Crippen molar-refractivity contribution in [3.05, 3.63) is 24.3 Å². The molecular formula is C14H18N2O4. The molecule has 1 saturated heterocycles. The second kappa shape index (κ2) is 6.38. The monoisotopic (exact) mass is 278 g/mol. The fourth-order valence-corrected chi connectivity index (χ4v) is 2.20. The van der Waals surface area contributed by atoms with Crippen LogP contribution in [0.25, 0.3) is 0 Å². The highest BCUT2D eigenvalue weighted by molar-refractivity contribution is 5.93. The lowest BCUT2D eigenvalue weighted by atomic mass is 9.97. The molecule has 1 amide bonds. The van der Waals surface area contributed by atoms with Crippen LogP contribution in [-0.2, 0) is 9.59 Å². The lowest BCUT2D eigenvalue weighted by Crippen LogP contribution is -2.27. The average molecular weight is 278 g/mol. The summed E-state index contributed by atoms with van der Waals surface area (Å²) < 4.78 is 5.07. The van der Waals surface area contributed by atoms with Crippen molar-refractivity contribution < 1.29 is 19.4 Å². The third kappa shape index (κ3) is 3.71. The van der Waals surface area contributed by atoms with Crippen molar-refractivity contribution >= 4 is 17.6 Å². The molecule has 0 aromatic heterocycles. The number of carbonyl (C=O) groups excluding carboxylic acids is 1. The highest BCUT2D eigenvalue weighted by Gasteiger charge is 2.29. The van der Waals surface area contributed by atoms with E-state index < -0.39 is 12.6 Å². The molecule has 2 atom stereocenters. The summed E-state index contributed by atoms with van der Waals surface area (Å²) >= 11 is 0. The highest BCUT2D eigenvalue weighted by atomic mass is 16.5. The van der Waals surface area contributed by atoms with Crippen LogP contribution in [0.3, 0.4) is 0 Å². The Morgan fingerprint density at radius 2 is 2.25 bits per heavy atom. The first-order valence-electron chi connectivity index (χ1n) is 6.52. The molecule has 6 nitrogen and oxygen atoms in total. The molecule has 6 heteroatoms. The van der Waals surface area contributed by atoms with Gasteiger partial charge >= 0.3 is 5.97 Å². The average Bonchev–Trinajstić information content (AvgIpc) is 2.83. The largest absolute Gasteiger partial charge is 0.482 e. The highest BCUT2D eigenvalue weighted by Crippen LogP contribution is 2.21. The molecular weight excluding hydrogens is 260 g/mol. The second-order valence-corrected chi connectivity index (χ2v) is 4.94. The molecule has 0 bridgehead atoms. The van der Waals surface area contributed by atoms with Gasteiger partial charge < -0.3 is 20.5 Å². The Hall–Kier alpha value is -2.08. The van der Waals surface area contributed by atoms with Crippen LogP contribution >= 0.6 is 0 Å². The Labute approximate surface area is 117 Å². The van der Waals surface area contributed by atoms with Gasteiger partial charge in [0.2, 0.25) is 5.91 Å². The molecule has 0 saturated carbocycles. The molecule has 108 valence electrons. The van der Waals surface area contributed by atoms with Crippen molar-refractivity contribution in [1.82, 2.24) is 5.32 Å². The summed E-state index contributed by atoms with van der Waals surface area (Å²) in [4.78, 5) is 22.6. The smallest absolute Gasteiger partial charge is 0.341 e. The van der Waals surface area contributed by atoms with E-state index in [0.29, 0.717) is 23.9 Å². The minimum absolute atomic E-state index is 0.0297. The summed E-state index contributed by atoms with van der Waals surface area (Å²) in [7, 11) is 0. The van der Waals surface area contributed by atoms with Gasteiger partial charge in [-0.1, -0.05) is 13.0 Å². The van der Waals surface area contributed by atoms with Crippen LogP contribution in [0.2, 0.25) is 0 Å². The number of carbonyl (C=O) groups is 2. The maximum absolute atomic E-state index is 12.1.